The number of nitrogens with zero attached hydrogens (tertiary/aromatic N) is 1. The van der Waals surface area contributed by atoms with Gasteiger partial charge in [0.05, 0.1) is 12.5 Å². The zero-order valence-corrected chi connectivity index (χ0v) is 16.3. The summed E-state index contributed by atoms with van der Waals surface area (Å²) in [7, 11) is 0. The first-order valence-corrected chi connectivity index (χ1v) is 10.0. The molecule has 1 aliphatic carbocycles. The van der Waals surface area contributed by atoms with Crippen LogP contribution in [0.15, 0.2) is 60.8 Å². The molecule has 144 valence electrons. The van der Waals surface area contributed by atoms with Gasteiger partial charge in [0.1, 0.15) is 0 Å². The number of carbonyl (C=O) groups is 2. The van der Waals surface area contributed by atoms with E-state index in [1.165, 1.54) is 23.4 Å². The molecule has 0 saturated carbocycles. The first kappa shape index (κ1) is 17.7. The summed E-state index contributed by atoms with van der Waals surface area (Å²) in [6.07, 6.45) is 6.03. The SMILES string of the molecule is CC(=O)N1C=Cc2ccccc2[C@H]1CC(=O)Nc1ccc2c3c(cccc13)CC2. The Morgan fingerprint density at radius 1 is 1.00 bits per heavy atom. The molecular weight excluding hydrogens is 360 g/mol. The van der Waals surface area contributed by atoms with Gasteiger partial charge in [0, 0.05) is 24.2 Å². The monoisotopic (exact) mass is 382 g/mol. The predicted octanol–water partition coefficient (Wildman–Crippen LogP) is 4.84. The lowest BCUT2D eigenvalue weighted by atomic mass is 9.93. The molecule has 0 spiro atoms. The molecule has 0 bridgehead atoms. The number of amides is 2. The van der Waals surface area contributed by atoms with Crippen LogP contribution < -0.4 is 5.32 Å². The quantitative estimate of drug-likeness (QED) is 0.705. The van der Waals surface area contributed by atoms with Crippen molar-refractivity contribution in [3.05, 3.63) is 83.1 Å². The van der Waals surface area contributed by atoms with Crippen LogP contribution >= 0.6 is 0 Å². The summed E-state index contributed by atoms with van der Waals surface area (Å²) < 4.78 is 0. The molecule has 3 aromatic carbocycles. The van der Waals surface area contributed by atoms with E-state index in [0.717, 1.165) is 35.0 Å². The Kier molecular flexibility index (Phi) is 4.20. The smallest absolute Gasteiger partial charge is 0.226 e. The summed E-state index contributed by atoms with van der Waals surface area (Å²) in [6, 6.07) is 18.0. The third-order valence-corrected chi connectivity index (χ3v) is 6.00. The zero-order chi connectivity index (χ0) is 20.0. The summed E-state index contributed by atoms with van der Waals surface area (Å²) in [5.74, 6) is -0.163. The van der Waals surface area contributed by atoms with Crippen molar-refractivity contribution in [2.45, 2.75) is 32.2 Å². The molecule has 2 amide bonds. The highest BCUT2D eigenvalue weighted by Crippen LogP contribution is 2.36. The van der Waals surface area contributed by atoms with Gasteiger partial charge in [-0.1, -0.05) is 48.5 Å². The van der Waals surface area contributed by atoms with Gasteiger partial charge >= 0.3 is 0 Å². The van der Waals surface area contributed by atoms with Crippen molar-refractivity contribution in [1.82, 2.24) is 4.90 Å². The Morgan fingerprint density at radius 2 is 1.79 bits per heavy atom. The molecule has 0 fully saturated rings. The number of nitrogens with one attached hydrogen (secondary N) is 1. The lowest BCUT2D eigenvalue weighted by Gasteiger charge is -2.32. The molecule has 0 unspecified atom stereocenters. The van der Waals surface area contributed by atoms with E-state index in [9.17, 15) is 9.59 Å². The number of hydrogen-bond acceptors (Lipinski definition) is 2. The van der Waals surface area contributed by atoms with Crippen LogP contribution in [-0.2, 0) is 22.4 Å². The second kappa shape index (κ2) is 6.89. The standard InChI is InChI=1S/C25H22N2O2/c1-16(28)27-14-13-17-5-2-3-7-20(17)23(27)15-24(29)26-22-12-11-19-10-9-18-6-4-8-21(22)25(18)19/h2-8,11-14,23H,9-10,15H2,1H3,(H,26,29)/t23-/m1/s1. The minimum Gasteiger partial charge on any atom is -0.325 e. The maximum absolute atomic E-state index is 13.0. The van der Waals surface area contributed by atoms with Crippen molar-refractivity contribution in [2.24, 2.45) is 0 Å². The number of benzene rings is 3. The Labute approximate surface area is 169 Å². The zero-order valence-electron chi connectivity index (χ0n) is 16.3. The molecule has 0 saturated heterocycles. The van der Waals surface area contributed by atoms with Crippen LogP contribution in [0.2, 0.25) is 0 Å². The molecule has 3 aromatic rings. The Balaban J connectivity index is 1.44. The van der Waals surface area contributed by atoms with Gasteiger partial charge in [0.2, 0.25) is 11.8 Å². The van der Waals surface area contributed by atoms with Gasteiger partial charge in [-0.25, -0.2) is 0 Å². The maximum atomic E-state index is 13.0. The largest absolute Gasteiger partial charge is 0.325 e. The van der Waals surface area contributed by atoms with Gasteiger partial charge in [-0.15, -0.1) is 0 Å². The van der Waals surface area contributed by atoms with E-state index >= 15 is 0 Å². The van der Waals surface area contributed by atoms with Gasteiger partial charge in [-0.2, -0.15) is 0 Å². The minimum atomic E-state index is -0.300. The summed E-state index contributed by atoms with van der Waals surface area (Å²) in [5.41, 5.74) is 5.59. The Bertz CT molecular complexity index is 1170. The van der Waals surface area contributed by atoms with Gasteiger partial charge in [-0.05, 0) is 52.6 Å². The van der Waals surface area contributed by atoms with E-state index in [1.54, 1.807) is 11.1 Å². The summed E-state index contributed by atoms with van der Waals surface area (Å²) in [6.45, 7) is 1.53. The molecule has 1 N–H and O–H groups in total. The molecule has 0 radical (unpaired) electrons. The van der Waals surface area contributed by atoms with Crippen molar-refractivity contribution < 1.29 is 9.59 Å². The molecule has 2 aliphatic rings. The van der Waals surface area contributed by atoms with E-state index in [4.69, 9.17) is 0 Å². The first-order valence-electron chi connectivity index (χ1n) is 10.0. The number of carbonyl (C=O) groups excluding carboxylic acids is 2. The van der Waals surface area contributed by atoms with Crippen LogP contribution in [-0.4, -0.2) is 16.7 Å². The number of hydrogen-bond donors (Lipinski definition) is 1. The summed E-state index contributed by atoms with van der Waals surface area (Å²) in [5, 5.41) is 5.48. The minimum absolute atomic E-state index is 0.0705. The number of rotatable bonds is 3. The topological polar surface area (TPSA) is 49.4 Å². The van der Waals surface area contributed by atoms with Crippen LogP contribution in [0.5, 0.6) is 0 Å². The van der Waals surface area contributed by atoms with Crippen molar-refractivity contribution in [2.75, 3.05) is 5.32 Å². The molecule has 1 aliphatic heterocycles. The third-order valence-electron chi connectivity index (χ3n) is 6.00. The van der Waals surface area contributed by atoms with Crippen LogP contribution in [0.4, 0.5) is 5.69 Å². The normalized spacial score (nSPS) is 16.7. The van der Waals surface area contributed by atoms with Crippen LogP contribution in [0.25, 0.3) is 16.8 Å². The summed E-state index contributed by atoms with van der Waals surface area (Å²) >= 11 is 0. The average molecular weight is 382 g/mol. The Morgan fingerprint density at radius 3 is 2.62 bits per heavy atom. The second-order valence-electron chi connectivity index (χ2n) is 7.75. The van der Waals surface area contributed by atoms with Crippen LogP contribution in [0, 0.1) is 0 Å². The van der Waals surface area contributed by atoms with Gasteiger partial charge in [-0.3, -0.25) is 9.59 Å². The van der Waals surface area contributed by atoms with Crippen molar-refractivity contribution in [1.29, 1.82) is 0 Å². The van der Waals surface area contributed by atoms with E-state index in [0.29, 0.717) is 0 Å². The second-order valence-corrected chi connectivity index (χ2v) is 7.75. The summed E-state index contributed by atoms with van der Waals surface area (Å²) in [4.78, 5) is 26.8. The molecule has 5 rings (SSSR count). The van der Waals surface area contributed by atoms with E-state index < -0.39 is 0 Å². The van der Waals surface area contributed by atoms with E-state index in [-0.39, 0.29) is 24.3 Å². The van der Waals surface area contributed by atoms with Crippen LogP contribution in [0.3, 0.4) is 0 Å². The van der Waals surface area contributed by atoms with Crippen molar-refractivity contribution in [3.8, 4) is 0 Å². The molecule has 0 aromatic heterocycles. The Hall–Kier alpha value is -3.40. The number of fused-ring (bicyclic) bond motifs is 1. The number of anilines is 1. The molecule has 4 nitrogen and oxygen atoms in total. The predicted molar refractivity (Wildman–Crippen MR) is 115 cm³/mol. The van der Waals surface area contributed by atoms with Crippen LogP contribution in [0.1, 0.15) is 41.6 Å². The molecule has 4 heteroatoms. The highest BCUT2D eigenvalue weighted by molar-refractivity contribution is 6.05. The maximum Gasteiger partial charge on any atom is 0.226 e. The lowest BCUT2D eigenvalue weighted by molar-refractivity contribution is -0.129. The van der Waals surface area contributed by atoms with Gasteiger partial charge in [0.15, 0.2) is 0 Å². The van der Waals surface area contributed by atoms with Crippen molar-refractivity contribution in [3.63, 3.8) is 0 Å². The fraction of sp³-hybridized carbons (Fsp3) is 0.200. The van der Waals surface area contributed by atoms with Crippen molar-refractivity contribution >= 4 is 34.4 Å². The van der Waals surface area contributed by atoms with Gasteiger partial charge < -0.3 is 10.2 Å². The first-order chi connectivity index (χ1) is 14.1. The lowest BCUT2D eigenvalue weighted by Crippen LogP contribution is -2.33. The number of aryl methyl sites for hydroxylation is 2. The molecule has 1 atom stereocenters. The highest BCUT2D eigenvalue weighted by atomic mass is 16.2. The fourth-order valence-electron chi connectivity index (χ4n) is 4.65. The molecule has 29 heavy (non-hydrogen) atoms. The third kappa shape index (κ3) is 3.01. The highest BCUT2D eigenvalue weighted by Gasteiger charge is 2.28. The molecular formula is C25H22N2O2. The van der Waals surface area contributed by atoms with E-state index in [2.05, 4.69) is 29.6 Å². The average Bonchev–Trinajstić information content (AvgIpc) is 3.15. The van der Waals surface area contributed by atoms with Gasteiger partial charge in [0.25, 0.3) is 0 Å². The van der Waals surface area contributed by atoms with E-state index in [1.807, 2.05) is 36.4 Å². The molecule has 1 heterocycles. The fourth-order valence-corrected chi connectivity index (χ4v) is 4.65.